The van der Waals surface area contributed by atoms with Crippen molar-refractivity contribution in [2.45, 2.75) is 25.8 Å². The summed E-state index contributed by atoms with van der Waals surface area (Å²) in [6, 6.07) is 8.95. The first-order valence-electron chi connectivity index (χ1n) is 5.09. The Morgan fingerprint density at radius 1 is 1.33 bits per heavy atom. The molecule has 1 unspecified atom stereocenters. The lowest BCUT2D eigenvalue weighted by atomic mass is 9.99. The van der Waals surface area contributed by atoms with Crippen LogP contribution in [0, 0.1) is 0 Å². The van der Waals surface area contributed by atoms with Gasteiger partial charge in [0, 0.05) is 6.42 Å². The third kappa shape index (κ3) is 3.68. The molecule has 0 radical (unpaired) electrons. The van der Waals surface area contributed by atoms with Gasteiger partial charge < -0.3 is 5.73 Å². The number of allylic oxidation sites excluding steroid dienone is 1. The van der Waals surface area contributed by atoms with E-state index in [9.17, 15) is 4.79 Å². The molecule has 0 saturated heterocycles. The summed E-state index contributed by atoms with van der Waals surface area (Å²) < 4.78 is 0. The molecule has 15 heavy (non-hydrogen) atoms. The highest BCUT2D eigenvalue weighted by Gasteiger charge is 2.14. The quantitative estimate of drug-likeness (QED) is 0.747. The van der Waals surface area contributed by atoms with Crippen molar-refractivity contribution in [2.24, 2.45) is 5.73 Å². The molecule has 0 fully saturated rings. The SMILES string of the molecule is C=C(C)CCC(=O)C(N)c1ccccc1. The minimum atomic E-state index is -0.495. The smallest absolute Gasteiger partial charge is 0.154 e. The van der Waals surface area contributed by atoms with Gasteiger partial charge in [0.15, 0.2) is 5.78 Å². The molecule has 1 atom stereocenters. The van der Waals surface area contributed by atoms with E-state index >= 15 is 0 Å². The molecule has 0 amide bonds. The minimum Gasteiger partial charge on any atom is -0.318 e. The van der Waals surface area contributed by atoms with Crippen molar-refractivity contribution in [3.8, 4) is 0 Å². The third-order valence-corrected chi connectivity index (χ3v) is 2.30. The molecule has 0 aromatic heterocycles. The number of benzene rings is 1. The Balaban J connectivity index is 2.57. The molecule has 0 aliphatic rings. The molecular weight excluding hydrogens is 186 g/mol. The molecule has 2 heteroatoms. The van der Waals surface area contributed by atoms with E-state index in [0.29, 0.717) is 6.42 Å². The summed E-state index contributed by atoms with van der Waals surface area (Å²) in [4.78, 5) is 11.7. The molecule has 2 nitrogen and oxygen atoms in total. The Hall–Kier alpha value is -1.41. The van der Waals surface area contributed by atoms with Gasteiger partial charge >= 0.3 is 0 Å². The Morgan fingerprint density at radius 2 is 1.93 bits per heavy atom. The number of rotatable bonds is 5. The van der Waals surface area contributed by atoms with Crippen LogP contribution in [0.15, 0.2) is 42.5 Å². The van der Waals surface area contributed by atoms with Crippen LogP contribution in [0.2, 0.25) is 0 Å². The molecule has 0 heterocycles. The van der Waals surface area contributed by atoms with Gasteiger partial charge in [-0.1, -0.05) is 35.9 Å². The molecule has 0 saturated carbocycles. The van der Waals surface area contributed by atoms with Crippen LogP contribution >= 0.6 is 0 Å². The zero-order valence-corrected chi connectivity index (χ0v) is 9.07. The molecule has 0 aliphatic heterocycles. The number of carbonyl (C=O) groups is 1. The van der Waals surface area contributed by atoms with E-state index in [0.717, 1.165) is 17.6 Å². The summed E-state index contributed by atoms with van der Waals surface area (Å²) in [6.45, 7) is 5.68. The van der Waals surface area contributed by atoms with Crippen LogP contribution in [-0.2, 0) is 4.79 Å². The van der Waals surface area contributed by atoms with Crippen LogP contribution in [-0.4, -0.2) is 5.78 Å². The van der Waals surface area contributed by atoms with E-state index in [4.69, 9.17) is 5.73 Å². The largest absolute Gasteiger partial charge is 0.318 e. The van der Waals surface area contributed by atoms with Gasteiger partial charge in [0.1, 0.15) is 0 Å². The predicted octanol–water partition coefficient (Wildman–Crippen LogP) is 2.61. The Morgan fingerprint density at radius 3 is 2.47 bits per heavy atom. The summed E-state index contributed by atoms with van der Waals surface area (Å²) in [5, 5.41) is 0. The maximum absolute atomic E-state index is 11.7. The lowest BCUT2D eigenvalue weighted by Gasteiger charge is -2.10. The summed E-state index contributed by atoms with van der Waals surface area (Å²) in [5.74, 6) is 0.0733. The molecule has 1 aromatic carbocycles. The van der Waals surface area contributed by atoms with E-state index in [1.54, 1.807) is 0 Å². The standard InChI is InChI=1S/C13H17NO/c1-10(2)8-9-12(15)13(14)11-6-4-3-5-7-11/h3-7,13H,1,8-9,14H2,2H3. The van der Waals surface area contributed by atoms with Crippen LogP contribution < -0.4 is 5.73 Å². The zero-order chi connectivity index (χ0) is 11.3. The summed E-state index contributed by atoms with van der Waals surface area (Å²) in [6.07, 6.45) is 1.20. The fraction of sp³-hybridized carbons (Fsp3) is 0.308. The molecule has 0 aliphatic carbocycles. The number of Topliss-reactive ketones (excluding diaryl/α,β-unsaturated/α-hetero) is 1. The van der Waals surface area contributed by atoms with Crippen LogP contribution in [0.3, 0.4) is 0 Å². The second-order valence-electron chi connectivity index (χ2n) is 3.81. The van der Waals surface area contributed by atoms with Crippen molar-refractivity contribution >= 4 is 5.78 Å². The van der Waals surface area contributed by atoms with Gasteiger partial charge in [0.2, 0.25) is 0 Å². The van der Waals surface area contributed by atoms with Crippen molar-refractivity contribution in [2.75, 3.05) is 0 Å². The topological polar surface area (TPSA) is 43.1 Å². The Bertz CT molecular complexity index is 343. The second-order valence-corrected chi connectivity index (χ2v) is 3.81. The third-order valence-electron chi connectivity index (χ3n) is 2.30. The molecule has 0 spiro atoms. The zero-order valence-electron chi connectivity index (χ0n) is 9.07. The second kappa shape index (κ2) is 5.47. The molecule has 0 bridgehead atoms. The van der Waals surface area contributed by atoms with Gasteiger partial charge in [0.05, 0.1) is 6.04 Å². The van der Waals surface area contributed by atoms with Crippen molar-refractivity contribution in [1.82, 2.24) is 0 Å². The maximum atomic E-state index is 11.7. The molecule has 80 valence electrons. The van der Waals surface area contributed by atoms with Crippen LogP contribution in [0.1, 0.15) is 31.4 Å². The first-order valence-corrected chi connectivity index (χ1v) is 5.09. The normalized spacial score (nSPS) is 12.1. The molecular formula is C13H17NO. The Labute approximate surface area is 90.8 Å². The van der Waals surface area contributed by atoms with Gasteiger partial charge in [0.25, 0.3) is 0 Å². The Kier molecular flexibility index (Phi) is 4.25. The fourth-order valence-electron chi connectivity index (χ4n) is 1.34. The van der Waals surface area contributed by atoms with E-state index in [-0.39, 0.29) is 5.78 Å². The highest BCUT2D eigenvalue weighted by Crippen LogP contribution is 2.14. The average Bonchev–Trinajstić information content (AvgIpc) is 2.26. The van der Waals surface area contributed by atoms with Gasteiger partial charge in [-0.25, -0.2) is 0 Å². The molecule has 1 rings (SSSR count). The van der Waals surface area contributed by atoms with Crippen LogP contribution in [0.5, 0.6) is 0 Å². The van der Waals surface area contributed by atoms with E-state index < -0.39 is 6.04 Å². The fourth-order valence-corrected chi connectivity index (χ4v) is 1.34. The van der Waals surface area contributed by atoms with Gasteiger partial charge in [-0.15, -0.1) is 6.58 Å². The highest BCUT2D eigenvalue weighted by molar-refractivity contribution is 5.85. The number of hydrogen-bond acceptors (Lipinski definition) is 2. The lowest BCUT2D eigenvalue weighted by molar-refractivity contribution is -0.120. The summed E-state index contributed by atoms with van der Waals surface area (Å²) in [7, 11) is 0. The first kappa shape index (κ1) is 11.7. The number of nitrogens with two attached hydrogens (primary N) is 1. The summed E-state index contributed by atoms with van der Waals surface area (Å²) in [5.41, 5.74) is 7.74. The van der Waals surface area contributed by atoms with E-state index in [1.807, 2.05) is 37.3 Å². The minimum absolute atomic E-state index is 0.0733. The van der Waals surface area contributed by atoms with Gasteiger partial charge in [-0.2, -0.15) is 0 Å². The van der Waals surface area contributed by atoms with E-state index in [2.05, 4.69) is 6.58 Å². The predicted molar refractivity (Wildman–Crippen MR) is 62.4 cm³/mol. The lowest BCUT2D eigenvalue weighted by Crippen LogP contribution is -2.21. The highest BCUT2D eigenvalue weighted by atomic mass is 16.1. The van der Waals surface area contributed by atoms with Crippen LogP contribution in [0.25, 0.3) is 0 Å². The van der Waals surface area contributed by atoms with Gasteiger partial charge in [-0.05, 0) is 18.9 Å². The number of ketones is 1. The maximum Gasteiger partial charge on any atom is 0.154 e. The van der Waals surface area contributed by atoms with Crippen LogP contribution in [0.4, 0.5) is 0 Å². The van der Waals surface area contributed by atoms with E-state index in [1.165, 1.54) is 0 Å². The van der Waals surface area contributed by atoms with Crippen molar-refractivity contribution < 1.29 is 4.79 Å². The van der Waals surface area contributed by atoms with Crippen molar-refractivity contribution in [3.63, 3.8) is 0 Å². The van der Waals surface area contributed by atoms with Crippen molar-refractivity contribution in [3.05, 3.63) is 48.0 Å². The number of carbonyl (C=O) groups excluding carboxylic acids is 1. The van der Waals surface area contributed by atoms with Crippen molar-refractivity contribution in [1.29, 1.82) is 0 Å². The average molecular weight is 203 g/mol. The molecule has 1 aromatic rings. The molecule has 2 N–H and O–H groups in total. The first-order chi connectivity index (χ1) is 7.11. The number of hydrogen-bond donors (Lipinski definition) is 1. The summed E-state index contributed by atoms with van der Waals surface area (Å²) >= 11 is 0. The monoisotopic (exact) mass is 203 g/mol. The van der Waals surface area contributed by atoms with Gasteiger partial charge in [-0.3, -0.25) is 4.79 Å².